The van der Waals surface area contributed by atoms with Gasteiger partial charge in [-0.1, -0.05) is 15.9 Å². The lowest BCUT2D eigenvalue weighted by Crippen LogP contribution is -2.65. The SMILES string of the molecule is CN(C)[C@@H]1C(=O)C(C(N)=O)=C(O)[C@@]2(O)C(=O)C3=C(O)c4c(O)c([N+](=O)[O-])cc(Br)c4C[C@H]3C[C@@H]12. The first-order valence-electron chi connectivity index (χ1n) is 10.1. The molecule has 3 aliphatic carbocycles. The predicted octanol–water partition coefficient (Wildman–Crippen LogP) is 0.635. The average molecular weight is 538 g/mol. The molecular formula is C21H20BrN3O9. The molecule has 0 radical (unpaired) electrons. The number of likely N-dealkylation sites (N-methyl/N-ethyl adjacent to an activating group) is 1. The van der Waals surface area contributed by atoms with Crippen molar-refractivity contribution in [3.63, 3.8) is 0 Å². The fourth-order valence-corrected chi connectivity index (χ4v) is 5.97. The topological polar surface area (TPSA) is 205 Å². The van der Waals surface area contributed by atoms with Crippen LogP contribution >= 0.6 is 15.9 Å². The number of carbonyl (C=O) groups excluding carboxylic acids is 3. The van der Waals surface area contributed by atoms with Crippen LogP contribution in [0.4, 0.5) is 5.69 Å². The largest absolute Gasteiger partial charge is 0.508 e. The van der Waals surface area contributed by atoms with Crippen LogP contribution in [0.1, 0.15) is 17.5 Å². The number of phenolic OH excluding ortho intramolecular Hbond substituents is 1. The summed E-state index contributed by atoms with van der Waals surface area (Å²) in [4.78, 5) is 50.4. The van der Waals surface area contributed by atoms with E-state index in [9.17, 15) is 44.9 Å². The first-order chi connectivity index (χ1) is 15.7. The minimum absolute atomic E-state index is 0.0284. The van der Waals surface area contributed by atoms with Gasteiger partial charge in [0.05, 0.1) is 16.5 Å². The molecule has 1 saturated carbocycles. The second kappa shape index (κ2) is 7.61. The van der Waals surface area contributed by atoms with Gasteiger partial charge in [0.25, 0.3) is 5.91 Å². The maximum absolute atomic E-state index is 13.6. The maximum atomic E-state index is 13.6. The first kappa shape index (κ1) is 23.9. The number of nitrogens with two attached hydrogens (primary N) is 1. The molecule has 0 aliphatic heterocycles. The zero-order chi connectivity index (χ0) is 25.4. The molecule has 1 amide bonds. The molecule has 0 spiro atoms. The van der Waals surface area contributed by atoms with Crippen LogP contribution < -0.4 is 5.73 Å². The van der Waals surface area contributed by atoms with Gasteiger partial charge in [-0.3, -0.25) is 29.4 Å². The monoisotopic (exact) mass is 537 g/mol. The van der Waals surface area contributed by atoms with Gasteiger partial charge in [-0.15, -0.1) is 0 Å². The van der Waals surface area contributed by atoms with Crippen molar-refractivity contribution < 1.29 is 39.7 Å². The summed E-state index contributed by atoms with van der Waals surface area (Å²) in [7, 11) is 3.00. The van der Waals surface area contributed by atoms with Crippen LogP contribution in [0.5, 0.6) is 5.75 Å². The molecule has 4 rings (SSSR count). The third-order valence-electron chi connectivity index (χ3n) is 6.84. The number of aromatic hydroxyl groups is 1. The Balaban J connectivity index is 2.01. The first-order valence-corrected chi connectivity index (χ1v) is 10.9. The average Bonchev–Trinajstić information content (AvgIpc) is 2.72. The molecule has 1 aromatic rings. The van der Waals surface area contributed by atoms with Gasteiger partial charge in [-0.05, 0) is 38.4 Å². The summed E-state index contributed by atoms with van der Waals surface area (Å²) in [6.07, 6.45) is -0.0450. The number of carbonyl (C=O) groups is 3. The second-order valence-electron chi connectivity index (χ2n) is 8.80. The van der Waals surface area contributed by atoms with Crippen LogP contribution in [-0.2, 0) is 20.8 Å². The van der Waals surface area contributed by atoms with Gasteiger partial charge in [0.1, 0.15) is 17.1 Å². The zero-order valence-electron chi connectivity index (χ0n) is 17.9. The number of halogens is 1. The normalized spacial score (nSPS) is 28.6. The number of rotatable bonds is 3. The van der Waals surface area contributed by atoms with Gasteiger partial charge in [0, 0.05) is 22.0 Å². The number of primary amides is 1. The number of nitro groups is 1. The third kappa shape index (κ3) is 2.93. The van der Waals surface area contributed by atoms with Crippen LogP contribution in [0.2, 0.25) is 0 Å². The molecule has 1 fully saturated rings. The summed E-state index contributed by atoms with van der Waals surface area (Å²) < 4.78 is 0.216. The van der Waals surface area contributed by atoms with Crippen molar-refractivity contribution in [3.05, 3.63) is 48.7 Å². The zero-order valence-corrected chi connectivity index (χ0v) is 19.5. The van der Waals surface area contributed by atoms with Crippen molar-refractivity contribution >= 4 is 44.9 Å². The molecule has 0 unspecified atom stereocenters. The molecule has 6 N–H and O–H groups in total. The van der Waals surface area contributed by atoms with Crippen molar-refractivity contribution in [3.8, 4) is 5.75 Å². The number of amides is 1. The van der Waals surface area contributed by atoms with Crippen LogP contribution in [0.3, 0.4) is 0 Å². The van der Waals surface area contributed by atoms with E-state index in [-0.39, 0.29) is 28.5 Å². The summed E-state index contributed by atoms with van der Waals surface area (Å²) in [5.41, 5.74) is 0.432. The van der Waals surface area contributed by atoms with Gasteiger partial charge in [0.2, 0.25) is 11.5 Å². The van der Waals surface area contributed by atoms with Crippen LogP contribution in [0.25, 0.3) is 5.76 Å². The summed E-state index contributed by atoms with van der Waals surface area (Å²) in [5, 5.41) is 55.0. The predicted molar refractivity (Wildman–Crippen MR) is 119 cm³/mol. The van der Waals surface area contributed by atoms with E-state index in [1.54, 1.807) is 0 Å². The number of ketones is 2. The summed E-state index contributed by atoms with van der Waals surface area (Å²) in [5.74, 6) is -8.19. The van der Waals surface area contributed by atoms with Gasteiger partial charge >= 0.3 is 5.69 Å². The van der Waals surface area contributed by atoms with E-state index >= 15 is 0 Å². The van der Waals surface area contributed by atoms with Crippen molar-refractivity contribution in [2.24, 2.45) is 17.6 Å². The Kier molecular flexibility index (Phi) is 5.34. The highest BCUT2D eigenvalue weighted by Crippen LogP contribution is 2.54. The van der Waals surface area contributed by atoms with E-state index in [0.29, 0.717) is 5.56 Å². The van der Waals surface area contributed by atoms with Gasteiger partial charge in [-0.2, -0.15) is 0 Å². The number of benzene rings is 1. The minimum atomic E-state index is -2.77. The Morgan fingerprint density at radius 3 is 2.44 bits per heavy atom. The number of phenols is 1. The highest BCUT2D eigenvalue weighted by molar-refractivity contribution is 9.10. The molecule has 0 bridgehead atoms. The van der Waals surface area contributed by atoms with Gasteiger partial charge in [-0.25, -0.2) is 0 Å². The number of nitro benzene ring substituents is 1. The highest BCUT2D eigenvalue weighted by atomic mass is 79.9. The number of fused-ring (bicyclic) bond motifs is 3. The standard InChI is InChI=1S/C21H20BrN3O9/c1-24(2)14-8-4-6-3-7-9(22)5-10(25(33)34)15(26)12(7)16(27)11(6)18(29)21(8,32)19(30)13(17(14)28)20(23)31/h5-6,8,14,26-27,30,32H,3-4H2,1-2H3,(H2,23,31)/t6-,8-,14-,21-/m0/s1. The van der Waals surface area contributed by atoms with Crippen molar-refractivity contribution in [2.75, 3.05) is 14.1 Å². The molecule has 3 aliphatic rings. The molecule has 34 heavy (non-hydrogen) atoms. The third-order valence-corrected chi connectivity index (χ3v) is 7.55. The minimum Gasteiger partial charge on any atom is -0.508 e. The number of hydrogen-bond donors (Lipinski definition) is 5. The molecule has 0 saturated heterocycles. The lowest BCUT2D eigenvalue weighted by Gasteiger charge is -2.50. The van der Waals surface area contributed by atoms with Crippen molar-refractivity contribution in [2.45, 2.75) is 24.5 Å². The Morgan fingerprint density at radius 1 is 1.29 bits per heavy atom. The van der Waals surface area contributed by atoms with Gasteiger partial charge in [0.15, 0.2) is 11.4 Å². The summed E-state index contributed by atoms with van der Waals surface area (Å²) in [6.45, 7) is 0. The molecule has 0 aromatic heterocycles. The smallest absolute Gasteiger partial charge is 0.312 e. The maximum Gasteiger partial charge on any atom is 0.312 e. The number of aliphatic hydroxyl groups is 3. The molecule has 0 heterocycles. The number of nitrogens with zero attached hydrogens (tertiary/aromatic N) is 2. The van der Waals surface area contributed by atoms with Crippen molar-refractivity contribution in [1.82, 2.24) is 4.90 Å². The Morgan fingerprint density at radius 2 is 1.91 bits per heavy atom. The Hall–Kier alpha value is -3.29. The Bertz CT molecular complexity index is 1270. The molecule has 4 atom stereocenters. The van der Waals surface area contributed by atoms with E-state index in [1.807, 2.05) is 0 Å². The summed E-state index contributed by atoms with van der Waals surface area (Å²) in [6, 6.07) is -0.111. The van der Waals surface area contributed by atoms with E-state index in [1.165, 1.54) is 19.0 Å². The van der Waals surface area contributed by atoms with E-state index in [2.05, 4.69) is 15.9 Å². The lowest BCUT2D eigenvalue weighted by atomic mass is 9.57. The van der Waals surface area contributed by atoms with Gasteiger partial charge < -0.3 is 26.2 Å². The quantitative estimate of drug-likeness (QED) is 0.206. The lowest BCUT2D eigenvalue weighted by molar-refractivity contribution is -0.386. The van der Waals surface area contributed by atoms with Crippen LogP contribution in [0.15, 0.2) is 27.4 Å². The molecular weight excluding hydrogens is 518 g/mol. The fraction of sp³-hybridized carbons (Fsp3) is 0.381. The van der Waals surface area contributed by atoms with Crippen LogP contribution in [0, 0.1) is 22.0 Å². The van der Waals surface area contributed by atoms with Crippen LogP contribution in [-0.4, -0.2) is 73.5 Å². The number of Topliss-reactive ketones (excluding diaryl/α,β-unsaturated/α-hetero) is 2. The molecule has 1 aromatic carbocycles. The van der Waals surface area contributed by atoms with E-state index in [4.69, 9.17) is 5.73 Å². The number of aliphatic hydroxyl groups excluding tert-OH is 2. The highest BCUT2D eigenvalue weighted by Gasteiger charge is 2.64. The molecule has 180 valence electrons. The molecule has 12 nitrogen and oxygen atoms in total. The fourth-order valence-electron chi connectivity index (χ4n) is 5.39. The number of hydrogen-bond acceptors (Lipinski definition) is 10. The summed E-state index contributed by atoms with van der Waals surface area (Å²) >= 11 is 3.21. The van der Waals surface area contributed by atoms with E-state index in [0.717, 1.165) is 6.07 Å². The second-order valence-corrected chi connectivity index (χ2v) is 9.65. The van der Waals surface area contributed by atoms with Crippen molar-refractivity contribution in [1.29, 1.82) is 0 Å². The molecule has 13 heteroatoms. The Labute approximate surface area is 200 Å². The van der Waals surface area contributed by atoms with E-state index < -0.39 is 74.4 Å².